The number of hydrogen-bond acceptors (Lipinski definition) is 3. The van der Waals surface area contributed by atoms with Crippen LogP contribution < -0.4 is 4.74 Å². The number of rotatable bonds is 6. The minimum absolute atomic E-state index is 0.00924. The Morgan fingerprint density at radius 1 is 1.20 bits per heavy atom. The largest absolute Gasteiger partial charge is 0.484 e. The van der Waals surface area contributed by atoms with Crippen molar-refractivity contribution in [3.8, 4) is 5.75 Å². The van der Waals surface area contributed by atoms with Gasteiger partial charge in [0.15, 0.2) is 6.61 Å². The third-order valence-electron chi connectivity index (χ3n) is 4.71. The highest BCUT2D eigenvalue weighted by Gasteiger charge is 2.26. The molecule has 25 heavy (non-hydrogen) atoms. The Bertz CT molecular complexity index is 711. The lowest BCUT2D eigenvalue weighted by molar-refractivity contribution is -0.132. The highest BCUT2D eigenvalue weighted by atomic mass is 16.5. The summed E-state index contributed by atoms with van der Waals surface area (Å²) in [6.45, 7) is 3.80. The Kier molecular flexibility index (Phi) is 5.71. The van der Waals surface area contributed by atoms with Gasteiger partial charge in [-0.3, -0.25) is 4.79 Å². The third-order valence-corrected chi connectivity index (χ3v) is 4.71. The maximum absolute atomic E-state index is 12.4. The molecule has 3 rings (SSSR count). The molecule has 1 aliphatic rings. The molecule has 1 amide bonds. The zero-order chi connectivity index (χ0) is 17.6. The zero-order valence-corrected chi connectivity index (χ0v) is 14.6. The molecule has 0 bridgehead atoms. The van der Waals surface area contributed by atoms with Crippen molar-refractivity contribution in [2.45, 2.75) is 26.4 Å². The van der Waals surface area contributed by atoms with E-state index in [2.05, 4.69) is 31.2 Å². The number of carbonyl (C=O) groups is 1. The number of carbonyl (C=O) groups excluding carboxylic acids is 1. The van der Waals surface area contributed by atoms with Gasteiger partial charge < -0.3 is 14.7 Å². The lowest BCUT2D eigenvalue weighted by atomic mass is 9.98. The molecule has 1 atom stereocenters. The summed E-state index contributed by atoms with van der Waals surface area (Å²) < 4.78 is 5.58. The van der Waals surface area contributed by atoms with Gasteiger partial charge in [0, 0.05) is 13.1 Å². The van der Waals surface area contributed by atoms with Crippen molar-refractivity contribution in [1.82, 2.24) is 4.90 Å². The summed E-state index contributed by atoms with van der Waals surface area (Å²) in [6, 6.07) is 15.8. The van der Waals surface area contributed by atoms with Gasteiger partial charge in [0.2, 0.25) is 0 Å². The summed E-state index contributed by atoms with van der Waals surface area (Å²) in [6.07, 6.45) is 2.07. The number of amides is 1. The molecular formula is C21H25NO3. The van der Waals surface area contributed by atoms with Crippen LogP contribution in [-0.2, 0) is 17.8 Å². The number of aliphatic hydroxyl groups excluding tert-OH is 1. The van der Waals surface area contributed by atoms with Crippen LogP contribution in [0, 0.1) is 12.8 Å². The van der Waals surface area contributed by atoms with Crippen molar-refractivity contribution in [3.05, 3.63) is 65.2 Å². The maximum Gasteiger partial charge on any atom is 0.260 e. The smallest absolute Gasteiger partial charge is 0.260 e. The van der Waals surface area contributed by atoms with Crippen molar-refractivity contribution >= 4 is 5.91 Å². The second-order valence-corrected chi connectivity index (χ2v) is 6.78. The van der Waals surface area contributed by atoms with Crippen LogP contribution in [0.2, 0.25) is 0 Å². The highest BCUT2D eigenvalue weighted by Crippen LogP contribution is 2.22. The summed E-state index contributed by atoms with van der Waals surface area (Å²) in [5.74, 6) is 1.22. The summed E-state index contributed by atoms with van der Waals surface area (Å²) in [5.41, 5.74) is 3.46. The molecule has 2 aromatic rings. The molecule has 1 aliphatic heterocycles. The van der Waals surface area contributed by atoms with Crippen LogP contribution in [0.5, 0.6) is 5.75 Å². The van der Waals surface area contributed by atoms with Crippen LogP contribution in [0.1, 0.15) is 23.1 Å². The van der Waals surface area contributed by atoms with E-state index in [1.807, 2.05) is 4.90 Å². The topological polar surface area (TPSA) is 49.8 Å². The van der Waals surface area contributed by atoms with E-state index in [9.17, 15) is 4.79 Å². The van der Waals surface area contributed by atoms with E-state index in [0.717, 1.165) is 31.5 Å². The average molecular weight is 339 g/mol. The van der Waals surface area contributed by atoms with Crippen molar-refractivity contribution in [1.29, 1.82) is 0 Å². The Labute approximate surface area is 149 Å². The third kappa shape index (κ3) is 4.83. The fourth-order valence-electron chi connectivity index (χ4n) is 3.33. The van der Waals surface area contributed by atoms with Gasteiger partial charge in [0.1, 0.15) is 5.75 Å². The van der Waals surface area contributed by atoms with Crippen LogP contribution >= 0.6 is 0 Å². The fraction of sp³-hybridized carbons (Fsp3) is 0.381. The molecule has 2 aromatic carbocycles. The highest BCUT2D eigenvalue weighted by molar-refractivity contribution is 5.78. The Morgan fingerprint density at radius 2 is 2.00 bits per heavy atom. The predicted octanol–water partition coefficient (Wildman–Crippen LogP) is 2.96. The lowest BCUT2D eigenvalue weighted by Gasteiger charge is -2.17. The van der Waals surface area contributed by atoms with Crippen molar-refractivity contribution in [2.75, 3.05) is 19.7 Å². The molecule has 4 heteroatoms. The number of likely N-dealkylation sites (tertiary alicyclic amines) is 1. The van der Waals surface area contributed by atoms with Crippen molar-refractivity contribution in [3.63, 3.8) is 0 Å². The number of aryl methyl sites for hydroxylation is 1. The van der Waals surface area contributed by atoms with E-state index >= 15 is 0 Å². The molecule has 1 fully saturated rings. The fourth-order valence-corrected chi connectivity index (χ4v) is 3.33. The molecular weight excluding hydrogens is 314 g/mol. The van der Waals surface area contributed by atoms with Crippen LogP contribution in [0.4, 0.5) is 0 Å². The predicted molar refractivity (Wildman–Crippen MR) is 97.4 cm³/mol. The Balaban J connectivity index is 1.47. The molecule has 1 saturated heterocycles. The van der Waals surface area contributed by atoms with Gasteiger partial charge in [0.25, 0.3) is 5.91 Å². The molecule has 0 spiro atoms. The number of nitrogens with zero attached hydrogens (tertiary/aromatic N) is 1. The van der Waals surface area contributed by atoms with Crippen LogP contribution in [0.3, 0.4) is 0 Å². The number of hydrogen-bond donors (Lipinski definition) is 1. The second kappa shape index (κ2) is 8.17. The van der Waals surface area contributed by atoms with Crippen LogP contribution in [0.15, 0.2) is 48.5 Å². The van der Waals surface area contributed by atoms with Crippen LogP contribution in [-0.4, -0.2) is 35.6 Å². The summed E-state index contributed by atoms with van der Waals surface area (Å²) in [5, 5.41) is 9.03. The summed E-state index contributed by atoms with van der Waals surface area (Å²) in [4.78, 5) is 14.3. The Morgan fingerprint density at radius 3 is 2.72 bits per heavy atom. The van der Waals surface area contributed by atoms with Crippen LogP contribution in [0.25, 0.3) is 0 Å². The first kappa shape index (κ1) is 17.5. The first-order chi connectivity index (χ1) is 12.1. The molecule has 1 heterocycles. The SMILES string of the molecule is Cc1cccc(CC2CCN(C(=O)COc3ccc(CO)cc3)C2)c1. The maximum atomic E-state index is 12.4. The monoisotopic (exact) mass is 339 g/mol. The first-order valence-electron chi connectivity index (χ1n) is 8.80. The minimum atomic E-state index is 0.00924. The summed E-state index contributed by atoms with van der Waals surface area (Å²) >= 11 is 0. The molecule has 4 nitrogen and oxygen atoms in total. The molecule has 0 saturated carbocycles. The first-order valence-corrected chi connectivity index (χ1v) is 8.80. The quantitative estimate of drug-likeness (QED) is 0.880. The number of aliphatic hydroxyl groups is 1. The van der Waals surface area contributed by atoms with Gasteiger partial charge >= 0.3 is 0 Å². The normalized spacial score (nSPS) is 16.9. The van der Waals surface area contributed by atoms with E-state index in [0.29, 0.717) is 11.7 Å². The molecule has 0 radical (unpaired) electrons. The van der Waals surface area contributed by atoms with Crippen molar-refractivity contribution < 1.29 is 14.6 Å². The molecule has 1 N–H and O–H groups in total. The van der Waals surface area contributed by atoms with Gasteiger partial charge in [-0.15, -0.1) is 0 Å². The van der Waals surface area contributed by atoms with Gasteiger partial charge in [-0.25, -0.2) is 0 Å². The standard InChI is InChI=1S/C21H25NO3/c1-16-3-2-4-18(11-16)12-19-9-10-22(13-19)21(24)15-25-20-7-5-17(14-23)6-8-20/h2-8,11,19,23H,9-10,12-15H2,1H3. The number of ether oxygens (including phenoxy) is 1. The molecule has 132 valence electrons. The van der Waals surface area contributed by atoms with E-state index in [1.165, 1.54) is 11.1 Å². The van der Waals surface area contributed by atoms with Crippen molar-refractivity contribution in [2.24, 2.45) is 5.92 Å². The van der Waals surface area contributed by atoms with Gasteiger partial charge in [-0.2, -0.15) is 0 Å². The van der Waals surface area contributed by atoms with E-state index in [-0.39, 0.29) is 19.1 Å². The second-order valence-electron chi connectivity index (χ2n) is 6.78. The minimum Gasteiger partial charge on any atom is -0.484 e. The molecule has 0 aromatic heterocycles. The van der Waals surface area contributed by atoms with Gasteiger partial charge in [0.05, 0.1) is 6.61 Å². The van der Waals surface area contributed by atoms with E-state index in [4.69, 9.17) is 9.84 Å². The number of benzene rings is 2. The lowest BCUT2D eigenvalue weighted by Crippen LogP contribution is -2.33. The molecule has 1 unspecified atom stereocenters. The van der Waals surface area contributed by atoms with E-state index in [1.54, 1.807) is 24.3 Å². The average Bonchev–Trinajstić information content (AvgIpc) is 3.08. The zero-order valence-electron chi connectivity index (χ0n) is 14.6. The van der Waals surface area contributed by atoms with Gasteiger partial charge in [-0.1, -0.05) is 42.0 Å². The van der Waals surface area contributed by atoms with E-state index < -0.39 is 0 Å². The van der Waals surface area contributed by atoms with Gasteiger partial charge in [-0.05, 0) is 48.9 Å². The Hall–Kier alpha value is -2.33. The summed E-state index contributed by atoms with van der Waals surface area (Å²) in [7, 11) is 0. The molecule has 0 aliphatic carbocycles.